The Labute approximate surface area is 83.1 Å². The van der Waals surface area contributed by atoms with Crippen LogP contribution in [0.25, 0.3) is 0 Å². The number of hydrogen-bond donors (Lipinski definition) is 1. The largest absolute Gasteiger partial charge is 0.481 e. The Morgan fingerprint density at radius 1 is 1.29 bits per heavy atom. The predicted octanol–water partition coefficient (Wildman–Crippen LogP) is 2.09. The van der Waals surface area contributed by atoms with E-state index >= 15 is 0 Å². The molecular formula is C11H14O3. The van der Waals surface area contributed by atoms with Gasteiger partial charge in [0.1, 0.15) is 5.78 Å². The van der Waals surface area contributed by atoms with Crippen molar-refractivity contribution >= 4 is 11.8 Å². The first-order valence-electron chi connectivity index (χ1n) is 4.77. The first kappa shape index (κ1) is 10.7. The van der Waals surface area contributed by atoms with Gasteiger partial charge in [-0.05, 0) is 12.8 Å². The molecule has 1 N–H and O–H groups in total. The van der Waals surface area contributed by atoms with Gasteiger partial charge in [0.2, 0.25) is 0 Å². The standard InChI is InChI=1S/C11H14O3/c12-10(7-8-11(13)14)6-5-9-3-1-2-4-9/h1,3-4H,2,5-8H2,(H,13,14). The molecule has 0 aromatic carbocycles. The average molecular weight is 194 g/mol. The fraction of sp³-hybridized carbons (Fsp3) is 0.455. The van der Waals surface area contributed by atoms with Crippen molar-refractivity contribution in [1.29, 1.82) is 0 Å². The molecule has 1 aliphatic rings. The monoisotopic (exact) mass is 194 g/mol. The number of rotatable bonds is 6. The van der Waals surface area contributed by atoms with Crippen LogP contribution in [0.4, 0.5) is 0 Å². The Bertz CT molecular complexity index is 287. The topological polar surface area (TPSA) is 54.4 Å². The van der Waals surface area contributed by atoms with Crippen LogP contribution in [0.1, 0.15) is 32.1 Å². The third-order valence-electron chi connectivity index (χ3n) is 2.16. The highest BCUT2D eigenvalue weighted by Crippen LogP contribution is 2.15. The Hall–Kier alpha value is -1.38. The molecular weight excluding hydrogens is 180 g/mol. The van der Waals surface area contributed by atoms with Gasteiger partial charge in [0.25, 0.3) is 0 Å². The van der Waals surface area contributed by atoms with Crippen LogP contribution in [-0.4, -0.2) is 16.9 Å². The van der Waals surface area contributed by atoms with Crippen LogP contribution in [0, 0.1) is 0 Å². The van der Waals surface area contributed by atoms with Crippen molar-refractivity contribution in [3.63, 3.8) is 0 Å². The van der Waals surface area contributed by atoms with Crippen LogP contribution in [0.2, 0.25) is 0 Å². The van der Waals surface area contributed by atoms with E-state index in [9.17, 15) is 9.59 Å². The van der Waals surface area contributed by atoms with E-state index in [0.29, 0.717) is 6.42 Å². The van der Waals surface area contributed by atoms with E-state index in [4.69, 9.17) is 5.11 Å². The van der Waals surface area contributed by atoms with Crippen molar-refractivity contribution in [2.75, 3.05) is 0 Å². The molecule has 0 bridgehead atoms. The van der Waals surface area contributed by atoms with Crippen LogP contribution in [0.5, 0.6) is 0 Å². The maximum atomic E-state index is 11.2. The number of hydrogen-bond acceptors (Lipinski definition) is 2. The number of carbonyl (C=O) groups is 2. The second-order valence-electron chi connectivity index (χ2n) is 3.35. The van der Waals surface area contributed by atoms with Crippen LogP contribution in [-0.2, 0) is 9.59 Å². The van der Waals surface area contributed by atoms with Crippen molar-refractivity contribution in [3.05, 3.63) is 23.8 Å². The van der Waals surface area contributed by atoms with Crippen molar-refractivity contribution in [1.82, 2.24) is 0 Å². The van der Waals surface area contributed by atoms with Gasteiger partial charge in [-0.3, -0.25) is 9.59 Å². The van der Waals surface area contributed by atoms with E-state index in [0.717, 1.165) is 12.8 Å². The Morgan fingerprint density at radius 3 is 2.64 bits per heavy atom. The molecule has 0 fully saturated rings. The summed E-state index contributed by atoms with van der Waals surface area (Å²) in [5, 5.41) is 8.37. The molecule has 0 heterocycles. The summed E-state index contributed by atoms with van der Waals surface area (Å²) in [5.41, 5.74) is 1.19. The minimum absolute atomic E-state index is 0.0357. The van der Waals surface area contributed by atoms with Crippen LogP contribution in [0.3, 0.4) is 0 Å². The summed E-state index contributed by atoms with van der Waals surface area (Å²) < 4.78 is 0. The zero-order valence-electron chi connectivity index (χ0n) is 8.03. The van der Waals surface area contributed by atoms with Gasteiger partial charge in [0.05, 0.1) is 6.42 Å². The van der Waals surface area contributed by atoms with Gasteiger partial charge in [0, 0.05) is 12.8 Å². The molecule has 0 unspecified atom stereocenters. The molecule has 0 aromatic heterocycles. The fourth-order valence-electron chi connectivity index (χ4n) is 1.35. The quantitative estimate of drug-likeness (QED) is 0.704. The zero-order chi connectivity index (χ0) is 10.4. The van der Waals surface area contributed by atoms with Gasteiger partial charge in [0.15, 0.2) is 0 Å². The third kappa shape index (κ3) is 4.03. The molecule has 1 rings (SSSR count). The highest BCUT2D eigenvalue weighted by molar-refractivity contribution is 5.82. The van der Waals surface area contributed by atoms with Crippen molar-refractivity contribution < 1.29 is 14.7 Å². The highest BCUT2D eigenvalue weighted by atomic mass is 16.4. The van der Waals surface area contributed by atoms with Crippen molar-refractivity contribution in [2.45, 2.75) is 32.1 Å². The summed E-state index contributed by atoms with van der Waals surface area (Å²) in [7, 11) is 0. The highest BCUT2D eigenvalue weighted by Gasteiger charge is 2.06. The molecule has 0 saturated carbocycles. The lowest BCUT2D eigenvalue weighted by Crippen LogP contribution is -2.03. The maximum absolute atomic E-state index is 11.2. The molecule has 14 heavy (non-hydrogen) atoms. The smallest absolute Gasteiger partial charge is 0.303 e. The molecule has 0 aromatic rings. The predicted molar refractivity (Wildman–Crippen MR) is 53.0 cm³/mol. The number of carbonyl (C=O) groups excluding carboxylic acids is 1. The molecule has 1 aliphatic carbocycles. The SMILES string of the molecule is O=C(O)CCC(=O)CCC1=CCC=C1. The van der Waals surface area contributed by atoms with Gasteiger partial charge in [-0.25, -0.2) is 0 Å². The summed E-state index contributed by atoms with van der Waals surface area (Å²) in [6.45, 7) is 0. The number of ketones is 1. The lowest BCUT2D eigenvalue weighted by molar-refractivity contribution is -0.138. The number of allylic oxidation sites excluding steroid dienone is 4. The zero-order valence-corrected chi connectivity index (χ0v) is 8.03. The molecule has 3 nitrogen and oxygen atoms in total. The van der Waals surface area contributed by atoms with Crippen LogP contribution >= 0.6 is 0 Å². The van der Waals surface area contributed by atoms with Gasteiger partial charge in [-0.15, -0.1) is 0 Å². The number of Topliss-reactive ketones (excluding diaryl/α,β-unsaturated/α-hetero) is 1. The average Bonchev–Trinajstić information content (AvgIpc) is 2.63. The Balaban J connectivity index is 2.14. The van der Waals surface area contributed by atoms with E-state index in [1.54, 1.807) is 0 Å². The van der Waals surface area contributed by atoms with E-state index < -0.39 is 5.97 Å². The van der Waals surface area contributed by atoms with Crippen LogP contribution < -0.4 is 0 Å². The minimum atomic E-state index is -0.904. The number of carboxylic acid groups (broad SMARTS) is 1. The van der Waals surface area contributed by atoms with Gasteiger partial charge in [-0.1, -0.05) is 23.8 Å². The van der Waals surface area contributed by atoms with E-state index in [1.165, 1.54) is 5.57 Å². The first-order valence-corrected chi connectivity index (χ1v) is 4.77. The number of carboxylic acids is 1. The lowest BCUT2D eigenvalue weighted by Gasteiger charge is -1.98. The van der Waals surface area contributed by atoms with Gasteiger partial charge < -0.3 is 5.11 Å². The second kappa shape index (κ2) is 5.37. The van der Waals surface area contributed by atoms with Gasteiger partial charge >= 0.3 is 5.97 Å². The Morgan fingerprint density at radius 2 is 2.07 bits per heavy atom. The molecule has 0 saturated heterocycles. The molecule has 3 heteroatoms. The van der Waals surface area contributed by atoms with Gasteiger partial charge in [-0.2, -0.15) is 0 Å². The molecule has 0 amide bonds. The lowest BCUT2D eigenvalue weighted by atomic mass is 10.1. The van der Waals surface area contributed by atoms with E-state index in [1.807, 2.05) is 6.08 Å². The molecule has 0 radical (unpaired) electrons. The molecule has 0 aliphatic heterocycles. The molecule has 0 atom stereocenters. The normalized spacial score (nSPS) is 14.1. The number of aliphatic carboxylic acids is 1. The molecule has 0 spiro atoms. The minimum Gasteiger partial charge on any atom is -0.481 e. The van der Waals surface area contributed by atoms with Crippen molar-refractivity contribution in [3.8, 4) is 0 Å². The molecule has 76 valence electrons. The summed E-state index contributed by atoms with van der Waals surface area (Å²) in [6.07, 6.45) is 8.43. The summed E-state index contributed by atoms with van der Waals surface area (Å²) >= 11 is 0. The van der Waals surface area contributed by atoms with E-state index in [-0.39, 0.29) is 18.6 Å². The maximum Gasteiger partial charge on any atom is 0.303 e. The summed E-state index contributed by atoms with van der Waals surface area (Å²) in [4.78, 5) is 21.4. The Kier molecular flexibility index (Phi) is 4.11. The third-order valence-corrected chi connectivity index (χ3v) is 2.16. The summed E-state index contributed by atoms with van der Waals surface area (Å²) in [6, 6.07) is 0. The summed E-state index contributed by atoms with van der Waals surface area (Å²) in [5.74, 6) is -0.869. The van der Waals surface area contributed by atoms with Crippen LogP contribution in [0.15, 0.2) is 23.8 Å². The first-order chi connectivity index (χ1) is 6.68. The fourth-order valence-corrected chi connectivity index (χ4v) is 1.35. The second-order valence-corrected chi connectivity index (χ2v) is 3.35. The van der Waals surface area contributed by atoms with Crippen molar-refractivity contribution in [2.24, 2.45) is 0 Å². The van der Waals surface area contributed by atoms with E-state index in [2.05, 4.69) is 12.2 Å².